The zero-order valence-electron chi connectivity index (χ0n) is 21.7. The Hall–Kier alpha value is -2.29. The Morgan fingerprint density at radius 3 is 2.42 bits per heavy atom. The van der Waals surface area contributed by atoms with Gasteiger partial charge in [-0.25, -0.2) is 0 Å². The first-order valence-electron chi connectivity index (χ1n) is 13.3. The molecule has 2 amide bonds. The van der Waals surface area contributed by atoms with Gasteiger partial charge in [-0.3, -0.25) is 14.5 Å². The summed E-state index contributed by atoms with van der Waals surface area (Å²) in [6.45, 7) is 9.31. The fourth-order valence-electron chi connectivity index (χ4n) is 6.46. The molecule has 3 fully saturated rings. The molecule has 0 bridgehead atoms. The number of carbonyl (C=O) groups excluding carboxylic acids is 2. The number of fused-ring (bicyclic) bond motifs is 3. The van der Waals surface area contributed by atoms with E-state index in [0.29, 0.717) is 44.2 Å². The van der Waals surface area contributed by atoms with Crippen molar-refractivity contribution in [2.45, 2.75) is 71.9 Å². The number of aliphatic hydroxyl groups is 2. The van der Waals surface area contributed by atoms with Gasteiger partial charge in [-0.1, -0.05) is 56.3 Å². The number of amides is 2. The van der Waals surface area contributed by atoms with Crippen molar-refractivity contribution in [1.82, 2.24) is 4.90 Å². The summed E-state index contributed by atoms with van der Waals surface area (Å²) < 4.78 is 6.23. The second-order valence-electron chi connectivity index (χ2n) is 10.9. The summed E-state index contributed by atoms with van der Waals surface area (Å²) in [6, 6.07) is 10.1. The van der Waals surface area contributed by atoms with Crippen LogP contribution in [-0.4, -0.2) is 64.1 Å². The lowest BCUT2D eigenvalue weighted by Gasteiger charge is -2.45. The van der Waals surface area contributed by atoms with Crippen molar-refractivity contribution < 1.29 is 29.4 Å². The molecule has 2 N–H and O–H groups in total. The molecule has 3 aliphatic rings. The maximum Gasteiger partial charge on any atom is 0.233 e. The molecule has 0 unspecified atom stereocenters. The van der Waals surface area contributed by atoms with E-state index >= 15 is 0 Å². The molecule has 0 spiro atoms. The van der Waals surface area contributed by atoms with E-state index in [2.05, 4.69) is 25.9 Å². The summed E-state index contributed by atoms with van der Waals surface area (Å²) in [5.41, 5.74) is 1.79. The van der Waals surface area contributed by atoms with Gasteiger partial charge in [0.2, 0.25) is 11.8 Å². The topological polar surface area (TPSA) is 109 Å². The molecule has 4 rings (SSSR count). The van der Waals surface area contributed by atoms with Crippen LogP contribution in [0.25, 0.3) is 0 Å². The summed E-state index contributed by atoms with van der Waals surface area (Å²) in [5, 5.41) is 25.9. The number of imide groups is 1. The molecule has 1 heterocycles. The van der Waals surface area contributed by atoms with Crippen molar-refractivity contribution in [3.05, 3.63) is 35.9 Å². The van der Waals surface area contributed by atoms with Crippen LogP contribution in [0, 0.1) is 35.5 Å². The van der Waals surface area contributed by atoms with Gasteiger partial charge in [0, 0.05) is 30.7 Å². The second kappa shape index (κ2) is 11.4. The molecular formula is C28H40N2O6. The number of hydrogen-bond donors (Lipinski definition) is 2. The molecule has 1 aromatic rings. The lowest BCUT2D eigenvalue weighted by molar-refractivity contribution is -0.141. The normalized spacial score (nSPS) is 33.0. The molecule has 0 aromatic heterocycles. The van der Waals surface area contributed by atoms with Gasteiger partial charge in [0.1, 0.15) is 6.61 Å². The Labute approximate surface area is 213 Å². The summed E-state index contributed by atoms with van der Waals surface area (Å²) in [7, 11) is 0. The van der Waals surface area contributed by atoms with Crippen molar-refractivity contribution in [3.63, 3.8) is 0 Å². The first-order chi connectivity index (χ1) is 17.2. The highest BCUT2D eigenvalue weighted by molar-refractivity contribution is 6.06. The van der Waals surface area contributed by atoms with Crippen molar-refractivity contribution in [1.29, 1.82) is 0 Å². The van der Waals surface area contributed by atoms with E-state index in [4.69, 9.17) is 9.57 Å². The number of carbonyl (C=O) groups is 2. The van der Waals surface area contributed by atoms with E-state index in [1.807, 2.05) is 30.3 Å². The van der Waals surface area contributed by atoms with Crippen LogP contribution >= 0.6 is 0 Å². The van der Waals surface area contributed by atoms with Gasteiger partial charge in [0.05, 0.1) is 42.5 Å². The lowest BCUT2D eigenvalue weighted by atomic mass is 9.60. The molecule has 1 aromatic carbocycles. The van der Waals surface area contributed by atoms with E-state index in [1.54, 1.807) is 6.92 Å². The van der Waals surface area contributed by atoms with E-state index < -0.39 is 30.0 Å². The maximum absolute atomic E-state index is 13.0. The lowest BCUT2D eigenvalue weighted by Crippen LogP contribution is -2.54. The SMILES string of the molecule is CCN1C(=O)[C@H]2[C@H]3[C@H](O)[C@H](O)CC(=NOC[C@@H](C)[C@H](OCc4ccccc4)C(C)C)[C@@H]3CC[C@H]2C1=O. The molecule has 2 saturated carbocycles. The number of ether oxygens (including phenoxy) is 1. The third-order valence-corrected chi connectivity index (χ3v) is 8.21. The van der Waals surface area contributed by atoms with Gasteiger partial charge in [0.15, 0.2) is 0 Å². The van der Waals surface area contributed by atoms with Crippen LogP contribution < -0.4 is 0 Å². The number of hydrogen-bond acceptors (Lipinski definition) is 7. The van der Waals surface area contributed by atoms with E-state index in [1.165, 1.54) is 4.90 Å². The summed E-state index contributed by atoms with van der Waals surface area (Å²) in [5.74, 6) is -1.77. The quantitative estimate of drug-likeness (QED) is 0.399. The van der Waals surface area contributed by atoms with Crippen molar-refractivity contribution >= 4 is 17.5 Å². The predicted molar refractivity (Wildman–Crippen MR) is 135 cm³/mol. The molecule has 1 saturated heterocycles. The maximum atomic E-state index is 13.0. The van der Waals surface area contributed by atoms with Crippen LogP contribution in [0.1, 0.15) is 52.5 Å². The molecule has 0 radical (unpaired) electrons. The molecule has 8 nitrogen and oxygen atoms in total. The molecule has 36 heavy (non-hydrogen) atoms. The average molecular weight is 501 g/mol. The molecule has 2 aliphatic carbocycles. The van der Waals surface area contributed by atoms with Gasteiger partial charge in [0.25, 0.3) is 0 Å². The Morgan fingerprint density at radius 1 is 1.06 bits per heavy atom. The van der Waals surface area contributed by atoms with Crippen LogP contribution in [0.4, 0.5) is 0 Å². The zero-order chi connectivity index (χ0) is 26.0. The minimum Gasteiger partial charge on any atom is -0.395 e. The number of oxime groups is 1. The second-order valence-corrected chi connectivity index (χ2v) is 10.9. The van der Waals surface area contributed by atoms with Gasteiger partial charge in [-0.15, -0.1) is 0 Å². The average Bonchev–Trinajstić information content (AvgIpc) is 3.11. The van der Waals surface area contributed by atoms with Crippen LogP contribution in [0.15, 0.2) is 35.5 Å². The van der Waals surface area contributed by atoms with Crippen molar-refractivity contribution in [2.75, 3.05) is 13.2 Å². The van der Waals surface area contributed by atoms with E-state index in [9.17, 15) is 19.8 Å². The third kappa shape index (κ3) is 5.22. The number of likely N-dealkylation sites (tertiary alicyclic amines) is 1. The van der Waals surface area contributed by atoms with Gasteiger partial charge in [-0.05, 0) is 31.2 Å². The largest absolute Gasteiger partial charge is 0.395 e. The van der Waals surface area contributed by atoms with E-state index in [0.717, 1.165) is 5.56 Å². The fraction of sp³-hybridized carbons (Fsp3) is 0.679. The molecular weight excluding hydrogens is 460 g/mol. The van der Waals surface area contributed by atoms with Crippen LogP contribution in [-0.2, 0) is 25.8 Å². The molecule has 8 atom stereocenters. The highest BCUT2D eigenvalue weighted by Crippen LogP contribution is 2.49. The Kier molecular flexibility index (Phi) is 8.48. The third-order valence-electron chi connectivity index (χ3n) is 8.21. The predicted octanol–water partition coefficient (Wildman–Crippen LogP) is 3.01. The van der Waals surface area contributed by atoms with Crippen LogP contribution in [0.3, 0.4) is 0 Å². The minimum absolute atomic E-state index is 0.0190. The van der Waals surface area contributed by atoms with E-state index in [-0.39, 0.29) is 36.2 Å². The highest BCUT2D eigenvalue weighted by atomic mass is 16.6. The smallest absolute Gasteiger partial charge is 0.233 e. The first-order valence-corrected chi connectivity index (χ1v) is 13.3. The van der Waals surface area contributed by atoms with Crippen molar-refractivity contribution in [3.8, 4) is 0 Å². The standard InChI is InChI=1S/C28H40N2O6/c1-5-30-27(33)20-12-11-19-21(13-22(31)25(32)23(19)24(20)28(30)34)29-36-14-17(4)26(16(2)3)35-15-18-9-7-6-8-10-18/h6-10,16-17,19-20,22-26,31-32H,5,11-15H2,1-4H3/t17-,19+,20-,22-,23+,24-,25-,26-/m1/s1. The Bertz CT molecular complexity index is 951. The number of benzene rings is 1. The van der Waals surface area contributed by atoms with Crippen LogP contribution in [0.2, 0.25) is 0 Å². The fourth-order valence-corrected chi connectivity index (χ4v) is 6.46. The molecule has 198 valence electrons. The number of rotatable bonds is 9. The summed E-state index contributed by atoms with van der Waals surface area (Å²) in [6.07, 6.45) is -0.709. The van der Waals surface area contributed by atoms with Gasteiger partial charge >= 0.3 is 0 Å². The Balaban J connectivity index is 1.42. The monoisotopic (exact) mass is 500 g/mol. The summed E-state index contributed by atoms with van der Waals surface area (Å²) in [4.78, 5) is 32.9. The van der Waals surface area contributed by atoms with Gasteiger partial charge in [-0.2, -0.15) is 0 Å². The number of nitrogens with zero attached hydrogens (tertiary/aromatic N) is 2. The zero-order valence-corrected chi connectivity index (χ0v) is 21.7. The molecule has 1 aliphatic heterocycles. The summed E-state index contributed by atoms with van der Waals surface area (Å²) >= 11 is 0. The van der Waals surface area contributed by atoms with Crippen molar-refractivity contribution in [2.24, 2.45) is 40.7 Å². The minimum atomic E-state index is -1.06. The Morgan fingerprint density at radius 2 is 1.75 bits per heavy atom. The number of aliphatic hydroxyl groups excluding tert-OH is 2. The highest BCUT2D eigenvalue weighted by Gasteiger charge is 2.59. The first kappa shape index (κ1) is 26.8. The molecule has 8 heteroatoms. The van der Waals surface area contributed by atoms with Gasteiger partial charge < -0.3 is 19.8 Å². The van der Waals surface area contributed by atoms with Crippen LogP contribution in [0.5, 0.6) is 0 Å².